The molecule has 1 aliphatic carbocycles. The van der Waals surface area contributed by atoms with E-state index in [4.69, 9.17) is 52.1 Å². The van der Waals surface area contributed by atoms with Gasteiger partial charge >= 0.3 is 47.8 Å². The third-order valence-electron chi connectivity index (χ3n) is 13.8. The quantitative estimate of drug-likeness (QED) is 0.0281. The smallest absolute Gasteiger partial charge is 0.343 e. The normalized spacial score (nSPS) is 11.3. The van der Waals surface area contributed by atoms with E-state index in [2.05, 4.69) is 0 Å². The summed E-state index contributed by atoms with van der Waals surface area (Å²) in [5.41, 5.74) is 4.30. The lowest BCUT2D eigenvalue weighted by Crippen LogP contribution is -2.15. The SMILES string of the molecule is COC(=O)COc1cc(OCC(=O)O)c2cc1Cc1cc(c(OCC(=O)O)cc1OCC(=O)O)-c1ccc3ccc(cc3c1)-c1cc(c(OCC(=O)O)cc1OCC(=O)OC)Cc1cc(c(OCC(=O)OC)cc1OCC(=O)O)-c1ccc3ccc-2cc3c1. The van der Waals surface area contributed by atoms with Gasteiger partial charge in [-0.2, -0.15) is 0 Å². The van der Waals surface area contributed by atoms with Crippen molar-refractivity contribution in [1.82, 2.24) is 0 Å². The molecule has 8 aromatic carbocycles. The van der Waals surface area contributed by atoms with Crippen LogP contribution >= 0.6 is 0 Å². The van der Waals surface area contributed by atoms with Gasteiger partial charge in [-0.25, -0.2) is 38.4 Å². The highest BCUT2D eigenvalue weighted by atomic mass is 16.6. The maximum Gasteiger partial charge on any atom is 0.343 e. The Labute approximate surface area is 504 Å². The van der Waals surface area contributed by atoms with E-state index in [9.17, 15) is 63.9 Å². The van der Waals surface area contributed by atoms with Crippen molar-refractivity contribution in [3.05, 3.63) is 144 Å². The standard InChI is InChI=1S/C65H54O24/c1-79-63(76)31-87-53-25-55(86-30-62(74)75)47-21-45(53)17-44-18-46(54(85-29-61(72)73)22-50(44)82-26-58(66)67)36-8-4-34-6-10-38(14-40(34)12-36)48-19-42(51(83-27-59(68)69)23-56(48)88-32-64(77)80-2)16-43-20-49(39-11-7-35-5-9-37(47)13-41(35)15-39)57(89-33-65(78)81-3)24-52(43)84-28-60(70)71/h4-15,18-25H,16-17,26-33H2,1-3H3,(H,66,67)(H,68,69)(H,70,71)(H,72,73)(H,74,75). The largest absolute Gasteiger partial charge is 0.481 e. The molecule has 458 valence electrons. The van der Waals surface area contributed by atoms with Gasteiger partial charge in [0.25, 0.3) is 0 Å². The fourth-order valence-electron chi connectivity index (χ4n) is 9.75. The average molecular weight is 1220 g/mol. The van der Waals surface area contributed by atoms with Crippen molar-refractivity contribution in [2.45, 2.75) is 12.8 Å². The number of carboxylic acid groups (broad SMARTS) is 5. The number of fused-ring (bicyclic) bond motifs is 16. The molecule has 0 radical (unpaired) electrons. The van der Waals surface area contributed by atoms with Crippen LogP contribution in [0, 0.1) is 0 Å². The fraction of sp³-hybridized carbons (Fsp3) is 0.200. The highest BCUT2D eigenvalue weighted by Crippen LogP contribution is 2.46. The molecular formula is C65H54O24. The van der Waals surface area contributed by atoms with Gasteiger partial charge in [-0.1, -0.05) is 48.5 Å². The van der Waals surface area contributed by atoms with Crippen LogP contribution in [0.15, 0.2) is 121 Å². The Morgan fingerprint density at radius 2 is 0.494 bits per heavy atom. The van der Waals surface area contributed by atoms with E-state index >= 15 is 0 Å². The molecule has 1 aliphatic rings. The predicted octanol–water partition coefficient (Wildman–Crippen LogP) is 8.13. The third kappa shape index (κ3) is 15.3. The Morgan fingerprint density at radius 1 is 0.281 bits per heavy atom. The number of esters is 3. The Morgan fingerprint density at radius 3 is 0.719 bits per heavy atom. The van der Waals surface area contributed by atoms with E-state index < -0.39 is 101 Å². The summed E-state index contributed by atoms with van der Waals surface area (Å²) >= 11 is 0. The molecule has 0 aliphatic heterocycles. The Balaban J connectivity index is 1.39. The fourth-order valence-corrected chi connectivity index (χ4v) is 9.75. The minimum atomic E-state index is -1.35. The van der Waals surface area contributed by atoms with Crippen molar-refractivity contribution in [1.29, 1.82) is 0 Å². The summed E-state index contributed by atoms with van der Waals surface area (Å²) in [5.74, 6) is -9.11. The van der Waals surface area contributed by atoms with Crippen LogP contribution in [0.25, 0.3) is 66.1 Å². The van der Waals surface area contributed by atoms with Crippen molar-refractivity contribution >= 4 is 69.3 Å². The van der Waals surface area contributed by atoms with Crippen molar-refractivity contribution in [3.63, 3.8) is 0 Å². The number of benzene rings is 8. The minimum Gasteiger partial charge on any atom is -0.481 e. The van der Waals surface area contributed by atoms with Gasteiger partial charge in [0.2, 0.25) is 0 Å². The van der Waals surface area contributed by atoms with E-state index in [1.165, 1.54) is 31.4 Å². The molecule has 0 unspecified atom stereocenters. The second kappa shape index (κ2) is 27.6. The monoisotopic (exact) mass is 1220 g/mol. The van der Waals surface area contributed by atoms with Crippen molar-refractivity contribution < 1.29 is 116 Å². The number of carboxylic acids is 5. The van der Waals surface area contributed by atoms with Gasteiger partial charge in [0.15, 0.2) is 52.9 Å². The molecule has 0 saturated heterocycles. The van der Waals surface area contributed by atoms with Crippen LogP contribution in [0.1, 0.15) is 22.3 Å². The van der Waals surface area contributed by atoms with Gasteiger partial charge in [0.1, 0.15) is 46.0 Å². The Hall–Kier alpha value is -11.6. The summed E-state index contributed by atoms with van der Waals surface area (Å²) in [6.45, 7) is -6.05. The summed E-state index contributed by atoms with van der Waals surface area (Å²) in [7, 11) is 3.48. The number of aliphatic carboxylic acids is 5. The van der Waals surface area contributed by atoms with Gasteiger partial charge in [0, 0.05) is 59.4 Å². The maximum atomic E-state index is 12.7. The molecule has 0 spiro atoms. The molecule has 14 bridgehead atoms. The first-order chi connectivity index (χ1) is 42.7. The molecule has 0 atom stereocenters. The summed E-state index contributed by atoms with van der Waals surface area (Å²) in [6, 6.07) is 33.3. The van der Waals surface area contributed by atoms with Crippen LogP contribution in [-0.2, 0) is 65.4 Å². The highest BCUT2D eigenvalue weighted by Gasteiger charge is 2.25. The number of methoxy groups -OCH3 is 3. The molecule has 0 aromatic heterocycles. The molecule has 9 rings (SSSR count). The Bertz CT molecular complexity index is 4130. The van der Waals surface area contributed by atoms with Gasteiger partial charge < -0.3 is 77.6 Å². The van der Waals surface area contributed by atoms with Crippen molar-refractivity contribution in [2.24, 2.45) is 0 Å². The maximum absolute atomic E-state index is 12.7. The van der Waals surface area contributed by atoms with Crippen LogP contribution in [0.3, 0.4) is 0 Å². The molecule has 89 heavy (non-hydrogen) atoms. The lowest BCUT2D eigenvalue weighted by atomic mass is 9.91. The van der Waals surface area contributed by atoms with E-state index in [1.54, 1.807) is 97.1 Å². The topological polar surface area (TPSA) is 339 Å². The molecule has 0 heterocycles. The number of rotatable bonds is 24. The first kappa shape index (κ1) is 62.0. The van der Waals surface area contributed by atoms with E-state index in [0.717, 1.165) is 14.2 Å². The molecular weight excluding hydrogens is 1160 g/mol. The lowest BCUT2D eigenvalue weighted by molar-refractivity contribution is -0.143. The van der Waals surface area contributed by atoms with Gasteiger partial charge in [0.05, 0.1) is 21.3 Å². The number of carbonyl (C=O) groups is 8. The second-order valence-corrected chi connectivity index (χ2v) is 19.7. The summed E-state index contributed by atoms with van der Waals surface area (Å²) in [5, 5.41) is 52.0. The number of ether oxygens (including phenoxy) is 11. The van der Waals surface area contributed by atoms with Crippen LogP contribution in [0.2, 0.25) is 0 Å². The van der Waals surface area contributed by atoms with Gasteiger partial charge in [-0.05, 0) is 115 Å². The predicted molar refractivity (Wildman–Crippen MR) is 313 cm³/mol. The number of hydrogen-bond donors (Lipinski definition) is 5. The van der Waals surface area contributed by atoms with E-state index in [1.807, 2.05) is 0 Å². The average Bonchev–Trinajstić information content (AvgIpc) is 0.956. The summed E-state index contributed by atoms with van der Waals surface area (Å²) in [6.07, 6.45) is -0.354. The molecule has 0 fully saturated rings. The Kier molecular flexibility index (Phi) is 19.3. The first-order valence-electron chi connectivity index (χ1n) is 26.8. The molecule has 8 aromatic rings. The molecule has 24 heteroatoms. The molecule has 0 amide bonds. The van der Waals surface area contributed by atoms with Gasteiger partial charge in [-0.15, -0.1) is 0 Å². The first-order valence-corrected chi connectivity index (χ1v) is 26.8. The third-order valence-corrected chi connectivity index (χ3v) is 13.8. The molecule has 0 saturated carbocycles. The van der Waals surface area contributed by atoms with Crippen LogP contribution in [0.4, 0.5) is 0 Å². The molecule has 5 N–H and O–H groups in total. The van der Waals surface area contributed by atoms with Crippen LogP contribution in [-0.4, -0.2) is 147 Å². The second-order valence-electron chi connectivity index (χ2n) is 19.7. The zero-order chi connectivity index (χ0) is 63.5. The van der Waals surface area contributed by atoms with E-state index in [0.29, 0.717) is 82.7 Å². The van der Waals surface area contributed by atoms with Gasteiger partial charge in [-0.3, -0.25) is 0 Å². The van der Waals surface area contributed by atoms with Crippen LogP contribution < -0.4 is 37.9 Å². The van der Waals surface area contributed by atoms with Crippen molar-refractivity contribution in [2.75, 3.05) is 74.2 Å². The number of carbonyl (C=O) groups excluding carboxylic acids is 3. The van der Waals surface area contributed by atoms with Crippen LogP contribution in [0.5, 0.6) is 46.0 Å². The van der Waals surface area contributed by atoms with Crippen molar-refractivity contribution in [3.8, 4) is 90.5 Å². The summed E-state index contributed by atoms with van der Waals surface area (Å²) in [4.78, 5) is 98.8. The zero-order valence-electron chi connectivity index (χ0n) is 47.6. The zero-order valence-corrected chi connectivity index (χ0v) is 47.6. The summed E-state index contributed by atoms with van der Waals surface area (Å²) < 4.78 is 62.5. The molecule has 24 nitrogen and oxygen atoms in total. The number of hydrogen-bond acceptors (Lipinski definition) is 19. The van der Waals surface area contributed by atoms with E-state index in [-0.39, 0.29) is 64.4 Å². The lowest BCUT2D eigenvalue weighted by Gasteiger charge is -2.21. The highest BCUT2D eigenvalue weighted by molar-refractivity contribution is 5.95. The minimum absolute atomic E-state index is 0.00451.